The second-order valence-corrected chi connectivity index (χ2v) is 8.84. The van der Waals surface area contributed by atoms with Crippen LogP contribution in [0.25, 0.3) is 11.0 Å². The van der Waals surface area contributed by atoms with Gasteiger partial charge in [0, 0.05) is 40.4 Å². The van der Waals surface area contributed by atoms with E-state index in [0.717, 1.165) is 5.39 Å². The lowest BCUT2D eigenvalue weighted by Crippen LogP contribution is -2.47. The van der Waals surface area contributed by atoms with Gasteiger partial charge in [0.05, 0.1) is 6.61 Å². The molecule has 162 valence electrons. The van der Waals surface area contributed by atoms with Crippen molar-refractivity contribution >= 4 is 46.0 Å². The van der Waals surface area contributed by atoms with Crippen molar-refractivity contribution in [2.75, 3.05) is 19.7 Å². The summed E-state index contributed by atoms with van der Waals surface area (Å²) >= 11 is 11.9. The highest BCUT2D eigenvalue weighted by Crippen LogP contribution is 2.36. The van der Waals surface area contributed by atoms with E-state index < -0.39 is 5.41 Å². The van der Waals surface area contributed by atoms with Crippen LogP contribution in [-0.4, -0.2) is 36.4 Å². The quantitative estimate of drug-likeness (QED) is 0.565. The molecule has 4 rings (SSSR count). The monoisotopic (exact) mass is 460 g/mol. The van der Waals surface area contributed by atoms with E-state index in [1.54, 1.807) is 53.4 Å². The number of amides is 2. The van der Waals surface area contributed by atoms with Crippen LogP contribution in [0.1, 0.15) is 29.8 Å². The number of rotatable bonds is 6. The lowest BCUT2D eigenvalue weighted by Gasteiger charge is -2.40. The molecular formula is C23H22Cl2N2O4. The van der Waals surface area contributed by atoms with Crippen molar-refractivity contribution in [2.45, 2.75) is 19.3 Å². The molecule has 0 radical (unpaired) electrons. The number of primary amides is 1. The Balaban J connectivity index is 1.44. The lowest BCUT2D eigenvalue weighted by atomic mass is 9.76. The first-order chi connectivity index (χ1) is 14.8. The van der Waals surface area contributed by atoms with Crippen molar-refractivity contribution in [2.24, 2.45) is 11.1 Å². The van der Waals surface area contributed by atoms with Gasteiger partial charge in [-0.25, -0.2) is 0 Å². The SMILES string of the molecule is NC(=O)CC1(COc2ccc(Cl)cc2)CCN(C(=O)c2cc3cc(Cl)ccc3o2)CC1. The Bertz CT molecular complexity index is 1100. The Morgan fingerprint density at radius 3 is 2.39 bits per heavy atom. The Kier molecular flexibility index (Phi) is 6.12. The summed E-state index contributed by atoms with van der Waals surface area (Å²) in [6.45, 7) is 1.30. The number of nitrogens with zero attached hydrogens (tertiary/aromatic N) is 1. The van der Waals surface area contributed by atoms with Crippen molar-refractivity contribution in [3.05, 3.63) is 64.3 Å². The number of benzene rings is 2. The third-order valence-corrected chi connectivity index (χ3v) is 6.20. The van der Waals surface area contributed by atoms with E-state index in [1.165, 1.54) is 0 Å². The number of ether oxygens (including phenoxy) is 1. The number of fused-ring (bicyclic) bond motifs is 1. The summed E-state index contributed by atoms with van der Waals surface area (Å²) in [7, 11) is 0. The minimum Gasteiger partial charge on any atom is -0.493 e. The number of piperidine rings is 1. The van der Waals surface area contributed by atoms with E-state index in [-0.39, 0.29) is 24.0 Å². The molecule has 2 amide bonds. The smallest absolute Gasteiger partial charge is 0.289 e. The number of likely N-dealkylation sites (tertiary alicyclic amines) is 1. The third kappa shape index (κ3) is 4.97. The summed E-state index contributed by atoms with van der Waals surface area (Å²) in [5.41, 5.74) is 5.71. The van der Waals surface area contributed by atoms with Crippen LogP contribution in [0.5, 0.6) is 5.75 Å². The summed E-state index contributed by atoms with van der Waals surface area (Å²) in [5.74, 6) is 0.386. The average molecular weight is 461 g/mol. The first kappa shape index (κ1) is 21.5. The number of furan rings is 1. The van der Waals surface area contributed by atoms with Gasteiger partial charge >= 0.3 is 0 Å². The molecule has 0 aliphatic carbocycles. The zero-order valence-electron chi connectivity index (χ0n) is 16.8. The molecule has 0 saturated carbocycles. The van der Waals surface area contributed by atoms with Gasteiger partial charge in [0.1, 0.15) is 11.3 Å². The normalized spacial score (nSPS) is 15.7. The minimum atomic E-state index is -0.427. The average Bonchev–Trinajstić information content (AvgIpc) is 3.16. The zero-order valence-corrected chi connectivity index (χ0v) is 18.3. The first-order valence-electron chi connectivity index (χ1n) is 9.99. The molecule has 1 aliphatic rings. The van der Waals surface area contributed by atoms with Crippen LogP contribution in [0, 0.1) is 5.41 Å². The number of hydrogen-bond acceptors (Lipinski definition) is 4. The van der Waals surface area contributed by atoms with E-state index in [4.69, 9.17) is 38.1 Å². The number of carbonyl (C=O) groups excluding carboxylic acids is 2. The summed E-state index contributed by atoms with van der Waals surface area (Å²) in [4.78, 5) is 26.4. The van der Waals surface area contributed by atoms with Crippen molar-refractivity contribution < 1.29 is 18.7 Å². The highest BCUT2D eigenvalue weighted by atomic mass is 35.5. The predicted octanol–water partition coefficient (Wildman–Crippen LogP) is 4.92. The summed E-state index contributed by atoms with van der Waals surface area (Å²) in [6.07, 6.45) is 1.40. The molecule has 2 N–H and O–H groups in total. The van der Waals surface area contributed by atoms with Crippen molar-refractivity contribution in [1.82, 2.24) is 4.90 Å². The first-order valence-corrected chi connectivity index (χ1v) is 10.7. The van der Waals surface area contributed by atoms with Gasteiger partial charge in [0.15, 0.2) is 5.76 Å². The fourth-order valence-electron chi connectivity index (χ4n) is 3.97. The van der Waals surface area contributed by atoms with E-state index in [0.29, 0.717) is 53.9 Å². The van der Waals surface area contributed by atoms with Crippen molar-refractivity contribution in [3.63, 3.8) is 0 Å². The lowest BCUT2D eigenvalue weighted by molar-refractivity contribution is -0.121. The Labute approximate surface area is 189 Å². The molecule has 0 unspecified atom stereocenters. The van der Waals surface area contributed by atoms with Crippen LogP contribution in [0.15, 0.2) is 52.9 Å². The molecule has 1 aliphatic heterocycles. The van der Waals surface area contributed by atoms with E-state index in [1.807, 2.05) is 0 Å². The molecular weight excluding hydrogens is 439 g/mol. The molecule has 2 heterocycles. The number of carbonyl (C=O) groups is 2. The largest absolute Gasteiger partial charge is 0.493 e. The third-order valence-electron chi connectivity index (χ3n) is 5.71. The van der Waals surface area contributed by atoms with Crippen LogP contribution >= 0.6 is 23.2 Å². The summed E-state index contributed by atoms with van der Waals surface area (Å²) in [5, 5.41) is 1.99. The minimum absolute atomic E-state index is 0.182. The molecule has 2 aromatic carbocycles. The second-order valence-electron chi connectivity index (χ2n) is 7.97. The topological polar surface area (TPSA) is 85.8 Å². The maximum atomic E-state index is 13.0. The Morgan fingerprint density at radius 2 is 1.71 bits per heavy atom. The molecule has 1 aromatic heterocycles. The second kappa shape index (κ2) is 8.81. The van der Waals surface area contributed by atoms with Crippen LogP contribution in [0.2, 0.25) is 10.0 Å². The van der Waals surface area contributed by atoms with Crippen LogP contribution in [0.3, 0.4) is 0 Å². The summed E-state index contributed by atoms with van der Waals surface area (Å²) in [6, 6.07) is 14.0. The van der Waals surface area contributed by atoms with Crippen LogP contribution < -0.4 is 10.5 Å². The highest BCUT2D eigenvalue weighted by molar-refractivity contribution is 6.31. The molecule has 0 spiro atoms. The molecule has 31 heavy (non-hydrogen) atoms. The van der Waals surface area contributed by atoms with Crippen LogP contribution in [-0.2, 0) is 4.79 Å². The molecule has 3 aromatic rings. The number of nitrogens with two attached hydrogens (primary N) is 1. The number of halogens is 2. The van der Waals surface area contributed by atoms with Crippen LogP contribution in [0.4, 0.5) is 0 Å². The molecule has 1 fully saturated rings. The van der Waals surface area contributed by atoms with Gasteiger partial charge in [-0.3, -0.25) is 9.59 Å². The van der Waals surface area contributed by atoms with E-state index >= 15 is 0 Å². The Morgan fingerprint density at radius 1 is 1.03 bits per heavy atom. The van der Waals surface area contributed by atoms with E-state index in [2.05, 4.69) is 0 Å². The maximum absolute atomic E-state index is 13.0. The molecule has 0 bridgehead atoms. The van der Waals surface area contributed by atoms with Gasteiger partial charge < -0.3 is 19.8 Å². The molecule has 0 atom stereocenters. The molecule has 1 saturated heterocycles. The van der Waals surface area contributed by atoms with Gasteiger partial charge in [0.2, 0.25) is 5.91 Å². The highest BCUT2D eigenvalue weighted by Gasteiger charge is 2.39. The zero-order chi connectivity index (χ0) is 22.0. The molecule has 8 heteroatoms. The fourth-order valence-corrected chi connectivity index (χ4v) is 4.28. The maximum Gasteiger partial charge on any atom is 0.289 e. The molecule has 6 nitrogen and oxygen atoms in total. The van der Waals surface area contributed by atoms with Gasteiger partial charge in [-0.2, -0.15) is 0 Å². The Hall–Kier alpha value is -2.70. The standard InChI is InChI=1S/C23H22Cl2N2O4/c24-16-1-4-18(5-2-16)30-14-23(13-21(26)28)7-9-27(10-8-23)22(29)20-12-15-11-17(25)3-6-19(15)31-20/h1-6,11-12H,7-10,13-14H2,(H2,26,28). The van der Waals surface area contributed by atoms with Crippen molar-refractivity contribution in [1.29, 1.82) is 0 Å². The number of hydrogen-bond donors (Lipinski definition) is 1. The van der Waals surface area contributed by atoms with Gasteiger partial charge in [0.25, 0.3) is 5.91 Å². The summed E-state index contributed by atoms with van der Waals surface area (Å²) < 4.78 is 11.6. The van der Waals surface area contributed by atoms with Crippen molar-refractivity contribution in [3.8, 4) is 5.75 Å². The predicted molar refractivity (Wildman–Crippen MR) is 120 cm³/mol. The van der Waals surface area contributed by atoms with Gasteiger partial charge in [-0.15, -0.1) is 0 Å². The van der Waals surface area contributed by atoms with Gasteiger partial charge in [-0.1, -0.05) is 23.2 Å². The fraction of sp³-hybridized carbons (Fsp3) is 0.304. The van der Waals surface area contributed by atoms with E-state index in [9.17, 15) is 9.59 Å². The van der Waals surface area contributed by atoms with Gasteiger partial charge in [-0.05, 0) is 61.4 Å².